The van der Waals surface area contributed by atoms with Crippen molar-refractivity contribution in [2.45, 2.75) is 13.5 Å². The van der Waals surface area contributed by atoms with Gasteiger partial charge in [-0.3, -0.25) is 14.9 Å². The summed E-state index contributed by atoms with van der Waals surface area (Å²) < 4.78 is 5.26. The number of halogens is 1. The van der Waals surface area contributed by atoms with Crippen LogP contribution in [0.2, 0.25) is 5.02 Å². The minimum Gasteiger partial charge on any atom is -0.356 e. The first-order valence-corrected chi connectivity index (χ1v) is 8.07. The Balaban J connectivity index is 1.76. The SMILES string of the molecule is Cc1cc(Cl)cc([N+](=O)[O-])c1C(=O)NCc1cc(-c2ccccc2)on1. The number of nitrogens with one attached hydrogen (secondary N) is 1. The minimum atomic E-state index is -0.628. The van der Waals surface area contributed by atoms with Gasteiger partial charge in [-0.1, -0.05) is 47.1 Å². The van der Waals surface area contributed by atoms with E-state index in [-0.39, 0.29) is 22.8 Å². The molecule has 3 aromatic rings. The Labute approximate surface area is 153 Å². The Kier molecular flexibility index (Phi) is 4.99. The van der Waals surface area contributed by atoms with Gasteiger partial charge in [0.15, 0.2) is 5.76 Å². The van der Waals surface area contributed by atoms with Gasteiger partial charge in [-0.15, -0.1) is 0 Å². The van der Waals surface area contributed by atoms with Crippen molar-refractivity contribution in [3.05, 3.63) is 80.5 Å². The van der Waals surface area contributed by atoms with Crippen LogP contribution in [0.4, 0.5) is 5.69 Å². The van der Waals surface area contributed by atoms with Gasteiger partial charge in [0.1, 0.15) is 11.3 Å². The number of nitro groups is 1. The van der Waals surface area contributed by atoms with Crippen LogP contribution in [0.1, 0.15) is 21.6 Å². The summed E-state index contributed by atoms with van der Waals surface area (Å²) in [5.74, 6) is -0.00127. The fourth-order valence-electron chi connectivity index (χ4n) is 2.56. The normalized spacial score (nSPS) is 10.5. The van der Waals surface area contributed by atoms with Crippen molar-refractivity contribution in [2.75, 3.05) is 0 Å². The smallest absolute Gasteiger partial charge is 0.283 e. The van der Waals surface area contributed by atoms with E-state index in [1.165, 1.54) is 6.07 Å². The van der Waals surface area contributed by atoms with Crippen LogP contribution in [-0.2, 0) is 6.54 Å². The molecule has 3 rings (SSSR count). The van der Waals surface area contributed by atoms with Gasteiger partial charge in [0.25, 0.3) is 11.6 Å². The summed E-state index contributed by atoms with van der Waals surface area (Å²) in [5.41, 5.74) is 1.43. The van der Waals surface area contributed by atoms with Crippen molar-refractivity contribution in [2.24, 2.45) is 0 Å². The van der Waals surface area contributed by atoms with Crippen molar-refractivity contribution in [1.29, 1.82) is 0 Å². The lowest BCUT2D eigenvalue weighted by atomic mass is 10.1. The van der Waals surface area contributed by atoms with Crippen LogP contribution in [-0.4, -0.2) is 16.0 Å². The molecule has 0 atom stereocenters. The maximum absolute atomic E-state index is 12.4. The number of benzene rings is 2. The highest BCUT2D eigenvalue weighted by Crippen LogP contribution is 2.27. The van der Waals surface area contributed by atoms with Gasteiger partial charge < -0.3 is 9.84 Å². The molecule has 1 aromatic heterocycles. The molecule has 0 bridgehead atoms. The van der Waals surface area contributed by atoms with Crippen molar-refractivity contribution < 1.29 is 14.2 Å². The largest absolute Gasteiger partial charge is 0.356 e. The zero-order valence-electron chi connectivity index (χ0n) is 13.7. The third-order valence-electron chi connectivity index (χ3n) is 3.75. The van der Waals surface area contributed by atoms with E-state index in [1.54, 1.807) is 13.0 Å². The molecule has 0 saturated carbocycles. The molecule has 0 fully saturated rings. The summed E-state index contributed by atoms with van der Waals surface area (Å²) in [6, 6.07) is 13.8. The second kappa shape index (κ2) is 7.37. The quantitative estimate of drug-likeness (QED) is 0.536. The van der Waals surface area contributed by atoms with Crippen molar-refractivity contribution >= 4 is 23.2 Å². The van der Waals surface area contributed by atoms with Gasteiger partial charge in [0.05, 0.1) is 11.5 Å². The molecule has 1 N–H and O–H groups in total. The predicted molar refractivity (Wildman–Crippen MR) is 96.0 cm³/mol. The number of nitro benzene ring substituents is 1. The molecular formula is C18H14ClN3O4. The van der Waals surface area contributed by atoms with Crippen LogP contribution in [0, 0.1) is 17.0 Å². The van der Waals surface area contributed by atoms with Crippen molar-refractivity contribution in [3.63, 3.8) is 0 Å². The van der Waals surface area contributed by atoms with Crippen LogP contribution in [0.15, 0.2) is 53.1 Å². The standard InChI is InChI=1S/C18H14ClN3O4/c1-11-7-13(19)8-15(22(24)25)17(11)18(23)20-10-14-9-16(26-21-14)12-5-3-2-4-6-12/h2-9H,10H2,1H3,(H,20,23). The van der Waals surface area contributed by atoms with Crippen LogP contribution in [0.3, 0.4) is 0 Å². The summed E-state index contributed by atoms with van der Waals surface area (Å²) >= 11 is 5.85. The molecule has 1 heterocycles. The Hall–Kier alpha value is -3.19. The summed E-state index contributed by atoms with van der Waals surface area (Å²) in [6.45, 7) is 1.67. The van der Waals surface area contributed by atoms with Gasteiger partial charge in [-0.25, -0.2) is 0 Å². The molecule has 0 radical (unpaired) electrons. The highest BCUT2D eigenvalue weighted by Gasteiger charge is 2.23. The van der Waals surface area contributed by atoms with Crippen LogP contribution in [0.5, 0.6) is 0 Å². The van der Waals surface area contributed by atoms with Gasteiger partial charge >= 0.3 is 0 Å². The summed E-state index contributed by atoms with van der Waals surface area (Å²) in [4.78, 5) is 23.0. The Morgan fingerprint density at radius 1 is 1.27 bits per heavy atom. The Bertz CT molecular complexity index is 970. The van der Waals surface area contributed by atoms with Crippen LogP contribution in [0.25, 0.3) is 11.3 Å². The van der Waals surface area contributed by atoms with Crippen LogP contribution < -0.4 is 5.32 Å². The van der Waals surface area contributed by atoms with E-state index >= 15 is 0 Å². The van der Waals surface area contributed by atoms with Gasteiger partial charge in [-0.2, -0.15) is 0 Å². The Morgan fingerprint density at radius 3 is 2.69 bits per heavy atom. The lowest BCUT2D eigenvalue weighted by Crippen LogP contribution is -2.24. The molecule has 2 aromatic carbocycles. The molecular weight excluding hydrogens is 358 g/mol. The number of carbonyl (C=O) groups excluding carboxylic acids is 1. The lowest BCUT2D eigenvalue weighted by Gasteiger charge is -2.07. The molecule has 8 heteroatoms. The average molecular weight is 372 g/mol. The van der Waals surface area contributed by atoms with Gasteiger partial charge in [0.2, 0.25) is 0 Å². The van der Waals surface area contributed by atoms with Crippen LogP contribution >= 0.6 is 11.6 Å². The van der Waals surface area contributed by atoms with E-state index in [0.717, 1.165) is 11.6 Å². The zero-order valence-corrected chi connectivity index (χ0v) is 14.5. The number of nitrogens with zero attached hydrogens (tertiary/aromatic N) is 2. The molecule has 0 saturated heterocycles. The highest BCUT2D eigenvalue weighted by molar-refractivity contribution is 6.31. The van der Waals surface area contributed by atoms with Crippen molar-refractivity contribution in [3.8, 4) is 11.3 Å². The third-order valence-corrected chi connectivity index (χ3v) is 3.97. The van der Waals surface area contributed by atoms with E-state index in [1.807, 2.05) is 30.3 Å². The fraction of sp³-hybridized carbons (Fsp3) is 0.111. The number of hydrogen-bond donors (Lipinski definition) is 1. The number of carbonyl (C=O) groups is 1. The maximum atomic E-state index is 12.4. The van der Waals surface area contributed by atoms with Gasteiger partial charge in [-0.05, 0) is 18.6 Å². The van der Waals surface area contributed by atoms with E-state index in [0.29, 0.717) is 17.0 Å². The number of aryl methyl sites for hydroxylation is 1. The molecule has 1 amide bonds. The molecule has 0 aliphatic heterocycles. The molecule has 0 unspecified atom stereocenters. The highest BCUT2D eigenvalue weighted by atomic mass is 35.5. The second-order valence-electron chi connectivity index (χ2n) is 5.61. The zero-order chi connectivity index (χ0) is 18.7. The maximum Gasteiger partial charge on any atom is 0.283 e. The van der Waals surface area contributed by atoms with E-state index < -0.39 is 10.8 Å². The van der Waals surface area contributed by atoms with E-state index in [2.05, 4.69) is 10.5 Å². The molecule has 0 spiro atoms. The van der Waals surface area contributed by atoms with E-state index in [9.17, 15) is 14.9 Å². The first-order chi connectivity index (χ1) is 12.5. The molecule has 0 aliphatic rings. The second-order valence-corrected chi connectivity index (χ2v) is 6.04. The number of aromatic nitrogens is 1. The fourth-order valence-corrected chi connectivity index (χ4v) is 2.82. The first-order valence-electron chi connectivity index (χ1n) is 7.69. The lowest BCUT2D eigenvalue weighted by molar-refractivity contribution is -0.385. The molecule has 0 aliphatic carbocycles. The molecule has 26 heavy (non-hydrogen) atoms. The molecule has 7 nitrogen and oxygen atoms in total. The average Bonchev–Trinajstić information content (AvgIpc) is 3.09. The summed E-state index contributed by atoms with van der Waals surface area (Å²) in [6.07, 6.45) is 0. The van der Waals surface area contributed by atoms with Crippen molar-refractivity contribution in [1.82, 2.24) is 10.5 Å². The monoisotopic (exact) mass is 371 g/mol. The molecule has 132 valence electrons. The van der Waals surface area contributed by atoms with Gasteiger partial charge in [0, 0.05) is 22.7 Å². The Morgan fingerprint density at radius 2 is 2.00 bits per heavy atom. The predicted octanol–water partition coefficient (Wildman–Crippen LogP) is 4.14. The summed E-state index contributed by atoms with van der Waals surface area (Å²) in [7, 11) is 0. The number of rotatable bonds is 5. The van der Waals surface area contributed by atoms with E-state index in [4.69, 9.17) is 16.1 Å². The minimum absolute atomic E-state index is 0.0221. The topological polar surface area (TPSA) is 98.3 Å². The summed E-state index contributed by atoms with van der Waals surface area (Å²) in [5, 5.41) is 17.9. The third kappa shape index (κ3) is 3.73. The number of hydrogen-bond acceptors (Lipinski definition) is 5. The first kappa shape index (κ1) is 17.6. The number of amides is 1.